The number of hydrogen-bond acceptors (Lipinski definition) is 2. The van der Waals surface area contributed by atoms with E-state index in [0.717, 1.165) is 8.95 Å². The summed E-state index contributed by atoms with van der Waals surface area (Å²) >= 11 is 6.60. The van der Waals surface area contributed by atoms with Gasteiger partial charge in [0.05, 0.1) is 0 Å². The van der Waals surface area contributed by atoms with Crippen molar-refractivity contribution in [2.45, 2.75) is 12.5 Å². The molecule has 0 aliphatic carbocycles. The second kappa shape index (κ2) is 7.70. The second-order valence-corrected chi connectivity index (χ2v) is 6.75. The molecular formula is C16H13Br2FN2O2. The maximum absolute atomic E-state index is 12.9. The van der Waals surface area contributed by atoms with E-state index in [1.54, 1.807) is 30.3 Å². The lowest BCUT2D eigenvalue weighted by atomic mass is 10.0. The standard InChI is InChI=1S/C16H13Br2FN2O2/c17-11-6-10(7-12(18)8-11)16(23)21-14(15(20)22)5-9-1-3-13(19)4-2-9/h1-4,6-8,14H,5H2,(H2,20,22)(H,21,23)/t14-/m0/s1. The van der Waals surface area contributed by atoms with Crippen molar-refractivity contribution in [3.63, 3.8) is 0 Å². The van der Waals surface area contributed by atoms with Gasteiger partial charge in [-0.25, -0.2) is 4.39 Å². The van der Waals surface area contributed by atoms with Crippen molar-refractivity contribution in [1.29, 1.82) is 0 Å². The monoisotopic (exact) mass is 442 g/mol. The van der Waals surface area contributed by atoms with Gasteiger partial charge >= 0.3 is 0 Å². The van der Waals surface area contributed by atoms with Gasteiger partial charge in [-0.2, -0.15) is 0 Å². The van der Waals surface area contributed by atoms with Crippen LogP contribution in [0.5, 0.6) is 0 Å². The first-order valence-corrected chi connectivity index (χ1v) is 8.24. The molecular weight excluding hydrogens is 431 g/mol. The fraction of sp³-hybridized carbons (Fsp3) is 0.125. The van der Waals surface area contributed by atoms with Crippen LogP contribution in [0.3, 0.4) is 0 Å². The van der Waals surface area contributed by atoms with Gasteiger partial charge in [-0.05, 0) is 35.9 Å². The van der Waals surface area contributed by atoms with Crippen LogP contribution in [0.15, 0.2) is 51.4 Å². The van der Waals surface area contributed by atoms with E-state index in [4.69, 9.17) is 5.73 Å². The molecule has 0 spiro atoms. The Morgan fingerprint density at radius 2 is 1.65 bits per heavy atom. The van der Waals surface area contributed by atoms with Crippen LogP contribution in [-0.2, 0) is 11.2 Å². The average Bonchev–Trinajstić information content (AvgIpc) is 2.47. The molecule has 2 amide bonds. The van der Waals surface area contributed by atoms with Crippen molar-refractivity contribution >= 4 is 43.7 Å². The summed E-state index contributed by atoms with van der Waals surface area (Å²) < 4.78 is 14.4. The third-order valence-electron chi connectivity index (χ3n) is 3.13. The maximum Gasteiger partial charge on any atom is 0.252 e. The number of rotatable bonds is 5. The molecule has 2 rings (SSSR count). The van der Waals surface area contributed by atoms with Crippen LogP contribution in [0.25, 0.3) is 0 Å². The minimum Gasteiger partial charge on any atom is -0.368 e. The predicted octanol–water partition coefficient (Wildman–Crippen LogP) is 3.18. The van der Waals surface area contributed by atoms with E-state index in [9.17, 15) is 14.0 Å². The number of halogens is 3. The lowest BCUT2D eigenvalue weighted by molar-refractivity contribution is -0.119. The van der Waals surface area contributed by atoms with Crippen molar-refractivity contribution in [2.24, 2.45) is 5.73 Å². The molecule has 0 fully saturated rings. The Bertz CT molecular complexity index is 715. The van der Waals surface area contributed by atoms with Crippen molar-refractivity contribution in [2.75, 3.05) is 0 Å². The molecule has 3 N–H and O–H groups in total. The first kappa shape index (κ1) is 17.6. The molecule has 0 aliphatic heterocycles. The van der Waals surface area contributed by atoms with Crippen LogP contribution in [-0.4, -0.2) is 17.9 Å². The van der Waals surface area contributed by atoms with Crippen LogP contribution in [0.2, 0.25) is 0 Å². The van der Waals surface area contributed by atoms with E-state index in [2.05, 4.69) is 37.2 Å². The maximum atomic E-state index is 12.9. The summed E-state index contributed by atoms with van der Waals surface area (Å²) in [7, 11) is 0. The summed E-state index contributed by atoms with van der Waals surface area (Å²) in [5, 5.41) is 2.60. The number of nitrogens with two attached hydrogens (primary N) is 1. The van der Waals surface area contributed by atoms with E-state index in [-0.39, 0.29) is 12.2 Å². The molecule has 1 atom stereocenters. The van der Waals surface area contributed by atoms with E-state index < -0.39 is 17.9 Å². The number of amides is 2. The third kappa shape index (κ3) is 5.14. The van der Waals surface area contributed by atoms with E-state index in [1.807, 2.05) is 0 Å². The first-order valence-electron chi connectivity index (χ1n) is 6.66. The molecule has 23 heavy (non-hydrogen) atoms. The van der Waals surface area contributed by atoms with Crippen LogP contribution in [0.4, 0.5) is 4.39 Å². The van der Waals surface area contributed by atoms with E-state index in [0.29, 0.717) is 11.1 Å². The molecule has 0 aromatic heterocycles. The molecule has 0 bridgehead atoms. The Labute approximate surface area is 149 Å². The number of nitrogens with one attached hydrogen (secondary N) is 1. The summed E-state index contributed by atoms with van der Waals surface area (Å²) in [6.07, 6.45) is 0.191. The molecule has 2 aromatic rings. The highest BCUT2D eigenvalue weighted by atomic mass is 79.9. The predicted molar refractivity (Wildman–Crippen MR) is 92.4 cm³/mol. The lowest BCUT2D eigenvalue weighted by Gasteiger charge is -2.16. The van der Waals surface area contributed by atoms with Crippen LogP contribution in [0, 0.1) is 5.82 Å². The molecule has 2 aromatic carbocycles. The van der Waals surface area contributed by atoms with E-state index in [1.165, 1.54) is 12.1 Å². The highest BCUT2D eigenvalue weighted by Gasteiger charge is 2.20. The lowest BCUT2D eigenvalue weighted by Crippen LogP contribution is -2.45. The van der Waals surface area contributed by atoms with Gasteiger partial charge in [0.2, 0.25) is 5.91 Å². The normalized spacial score (nSPS) is 11.8. The molecule has 120 valence electrons. The topological polar surface area (TPSA) is 72.2 Å². The molecule has 0 unspecified atom stereocenters. The van der Waals surface area contributed by atoms with Crippen LogP contribution < -0.4 is 11.1 Å². The fourth-order valence-corrected chi connectivity index (χ4v) is 3.30. The van der Waals surface area contributed by atoms with E-state index >= 15 is 0 Å². The Morgan fingerprint density at radius 3 is 2.17 bits per heavy atom. The fourth-order valence-electron chi connectivity index (χ4n) is 2.01. The van der Waals surface area contributed by atoms with Crippen molar-refractivity contribution in [1.82, 2.24) is 5.32 Å². The van der Waals surface area contributed by atoms with Gasteiger partial charge in [0, 0.05) is 20.9 Å². The smallest absolute Gasteiger partial charge is 0.252 e. The Hall–Kier alpha value is -1.73. The van der Waals surface area contributed by atoms with Crippen LogP contribution >= 0.6 is 31.9 Å². The molecule has 0 saturated carbocycles. The molecule has 0 radical (unpaired) electrons. The number of hydrogen-bond donors (Lipinski definition) is 2. The summed E-state index contributed by atoms with van der Waals surface area (Å²) in [6.45, 7) is 0. The summed E-state index contributed by atoms with van der Waals surface area (Å²) in [5.74, 6) is -1.44. The highest BCUT2D eigenvalue weighted by molar-refractivity contribution is 9.11. The zero-order valence-electron chi connectivity index (χ0n) is 11.9. The molecule has 4 nitrogen and oxygen atoms in total. The number of carbonyl (C=O) groups excluding carboxylic acids is 2. The molecule has 7 heteroatoms. The molecule has 0 heterocycles. The van der Waals surface area contributed by atoms with Gasteiger partial charge in [-0.1, -0.05) is 44.0 Å². The average molecular weight is 444 g/mol. The summed E-state index contributed by atoms with van der Waals surface area (Å²) in [6, 6.07) is 9.86. The minimum atomic E-state index is -0.884. The number of primary amides is 1. The van der Waals surface area contributed by atoms with Crippen molar-refractivity contribution < 1.29 is 14.0 Å². The minimum absolute atomic E-state index is 0.191. The van der Waals surface area contributed by atoms with Crippen LogP contribution in [0.1, 0.15) is 15.9 Å². The largest absolute Gasteiger partial charge is 0.368 e. The number of carbonyl (C=O) groups is 2. The highest BCUT2D eigenvalue weighted by Crippen LogP contribution is 2.20. The molecule has 0 aliphatic rings. The van der Waals surface area contributed by atoms with Gasteiger partial charge in [0.25, 0.3) is 5.91 Å². The van der Waals surface area contributed by atoms with Gasteiger partial charge in [0.1, 0.15) is 11.9 Å². The Morgan fingerprint density at radius 1 is 1.09 bits per heavy atom. The van der Waals surface area contributed by atoms with Gasteiger partial charge in [0.15, 0.2) is 0 Å². The zero-order valence-corrected chi connectivity index (χ0v) is 15.0. The summed E-state index contributed by atoms with van der Waals surface area (Å²) in [5.41, 5.74) is 6.44. The second-order valence-electron chi connectivity index (χ2n) is 4.92. The third-order valence-corrected chi connectivity index (χ3v) is 4.04. The van der Waals surface area contributed by atoms with Gasteiger partial charge in [-0.3, -0.25) is 9.59 Å². The quantitative estimate of drug-likeness (QED) is 0.744. The Kier molecular flexibility index (Phi) is 5.90. The van der Waals surface area contributed by atoms with Gasteiger partial charge < -0.3 is 11.1 Å². The van der Waals surface area contributed by atoms with Crippen molar-refractivity contribution in [3.8, 4) is 0 Å². The number of benzene rings is 2. The van der Waals surface area contributed by atoms with Gasteiger partial charge in [-0.15, -0.1) is 0 Å². The Balaban J connectivity index is 2.14. The zero-order chi connectivity index (χ0) is 17.0. The molecule has 0 saturated heterocycles. The SMILES string of the molecule is NC(=O)[C@H](Cc1ccc(F)cc1)NC(=O)c1cc(Br)cc(Br)c1. The first-order chi connectivity index (χ1) is 10.8. The summed E-state index contributed by atoms with van der Waals surface area (Å²) in [4.78, 5) is 23.9. The van der Waals surface area contributed by atoms with Crippen molar-refractivity contribution in [3.05, 3.63) is 68.4 Å².